The Morgan fingerprint density at radius 1 is 1.08 bits per heavy atom. The van der Waals surface area contributed by atoms with Crippen LogP contribution < -0.4 is 10.6 Å². The van der Waals surface area contributed by atoms with Crippen LogP contribution in [-0.2, 0) is 16.1 Å². The SMILES string of the molecule is O=C(O)CCCC(=O)Nc1cccc(C(=O)NCc2ccco2)c1. The maximum atomic E-state index is 12.1. The Labute approximate surface area is 138 Å². The monoisotopic (exact) mass is 330 g/mol. The van der Waals surface area contributed by atoms with Crippen molar-refractivity contribution in [1.29, 1.82) is 0 Å². The summed E-state index contributed by atoms with van der Waals surface area (Å²) in [7, 11) is 0. The zero-order valence-electron chi connectivity index (χ0n) is 13.0. The Kier molecular flexibility index (Phi) is 6.13. The van der Waals surface area contributed by atoms with Crippen molar-refractivity contribution < 1.29 is 23.9 Å². The first-order chi connectivity index (χ1) is 11.5. The molecule has 0 aliphatic carbocycles. The third-order valence-corrected chi connectivity index (χ3v) is 3.21. The Balaban J connectivity index is 1.87. The van der Waals surface area contributed by atoms with Gasteiger partial charge in [0.1, 0.15) is 5.76 Å². The highest BCUT2D eigenvalue weighted by Crippen LogP contribution is 2.12. The molecule has 0 bridgehead atoms. The van der Waals surface area contributed by atoms with E-state index in [1.54, 1.807) is 36.4 Å². The molecule has 1 aromatic carbocycles. The summed E-state index contributed by atoms with van der Waals surface area (Å²) in [4.78, 5) is 34.3. The van der Waals surface area contributed by atoms with Gasteiger partial charge in [-0.25, -0.2) is 0 Å². The minimum Gasteiger partial charge on any atom is -0.481 e. The number of nitrogens with one attached hydrogen (secondary N) is 2. The first kappa shape index (κ1) is 17.3. The van der Waals surface area contributed by atoms with Gasteiger partial charge >= 0.3 is 5.97 Å². The Morgan fingerprint density at radius 2 is 1.92 bits per heavy atom. The van der Waals surface area contributed by atoms with E-state index >= 15 is 0 Å². The molecule has 2 amide bonds. The van der Waals surface area contributed by atoms with Crippen molar-refractivity contribution in [2.75, 3.05) is 5.32 Å². The molecule has 0 aliphatic heterocycles. The minimum absolute atomic E-state index is 0.0529. The lowest BCUT2D eigenvalue weighted by Gasteiger charge is -2.08. The molecule has 0 radical (unpaired) electrons. The van der Waals surface area contributed by atoms with Crippen LogP contribution in [0.15, 0.2) is 47.1 Å². The van der Waals surface area contributed by atoms with Crippen LogP contribution in [0.2, 0.25) is 0 Å². The van der Waals surface area contributed by atoms with Crippen molar-refractivity contribution in [3.63, 3.8) is 0 Å². The van der Waals surface area contributed by atoms with Crippen molar-refractivity contribution >= 4 is 23.5 Å². The molecule has 2 rings (SSSR count). The number of rotatable bonds is 8. The summed E-state index contributed by atoms with van der Waals surface area (Å²) in [6.45, 7) is 0.275. The van der Waals surface area contributed by atoms with E-state index in [2.05, 4.69) is 10.6 Å². The van der Waals surface area contributed by atoms with Crippen molar-refractivity contribution in [2.45, 2.75) is 25.8 Å². The van der Waals surface area contributed by atoms with Crippen molar-refractivity contribution in [3.05, 3.63) is 54.0 Å². The zero-order valence-corrected chi connectivity index (χ0v) is 13.0. The van der Waals surface area contributed by atoms with E-state index in [9.17, 15) is 14.4 Å². The number of carboxylic acid groups (broad SMARTS) is 1. The standard InChI is InChI=1S/C17H18N2O5/c20-15(7-2-8-16(21)22)19-13-5-1-4-12(10-13)17(23)18-11-14-6-3-9-24-14/h1,3-6,9-10H,2,7-8,11H2,(H,18,23)(H,19,20)(H,21,22). The molecular formula is C17H18N2O5. The number of hydrogen-bond donors (Lipinski definition) is 3. The molecule has 7 nitrogen and oxygen atoms in total. The molecule has 126 valence electrons. The number of amides is 2. The van der Waals surface area contributed by atoms with Gasteiger partial charge in [-0.3, -0.25) is 14.4 Å². The quantitative estimate of drug-likeness (QED) is 0.688. The number of carbonyl (C=O) groups is 3. The molecule has 2 aromatic rings. The highest BCUT2D eigenvalue weighted by atomic mass is 16.4. The van der Waals surface area contributed by atoms with Crippen molar-refractivity contribution in [2.24, 2.45) is 0 Å². The molecular weight excluding hydrogens is 312 g/mol. The number of carbonyl (C=O) groups excluding carboxylic acids is 2. The third kappa shape index (κ3) is 5.60. The predicted octanol–water partition coefficient (Wildman–Crippen LogP) is 2.40. The van der Waals surface area contributed by atoms with Gasteiger partial charge in [-0.05, 0) is 36.8 Å². The number of hydrogen-bond acceptors (Lipinski definition) is 4. The molecule has 0 spiro atoms. The van der Waals surface area contributed by atoms with E-state index in [1.165, 1.54) is 6.26 Å². The summed E-state index contributed by atoms with van der Waals surface area (Å²) >= 11 is 0. The van der Waals surface area contributed by atoms with Crippen LogP contribution in [0.3, 0.4) is 0 Å². The van der Waals surface area contributed by atoms with Crippen LogP contribution in [0.5, 0.6) is 0 Å². The number of benzene rings is 1. The van der Waals surface area contributed by atoms with E-state index in [1.807, 2.05) is 0 Å². The maximum absolute atomic E-state index is 12.1. The predicted molar refractivity (Wildman–Crippen MR) is 86.4 cm³/mol. The fourth-order valence-electron chi connectivity index (χ4n) is 2.04. The van der Waals surface area contributed by atoms with Crippen LogP contribution >= 0.6 is 0 Å². The highest BCUT2D eigenvalue weighted by molar-refractivity contribution is 5.97. The summed E-state index contributed by atoms with van der Waals surface area (Å²) in [5.74, 6) is -0.859. The average molecular weight is 330 g/mol. The van der Waals surface area contributed by atoms with Crippen LogP contribution in [0.1, 0.15) is 35.4 Å². The Hall–Kier alpha value is -3.09. The molecule has 0 saturated heterocycles. The second-order valence-electron chi connectivity index (χ2n) is 5.14. The molecule has 0 saturated carbocycles. The molecule has 0 unspecified atom stereocenters. The largest absolute Gasteiger partial charge is 0.481 e. The third-order valence-electron chi connectivity index (χ3n) is 3.21. The molecule has 7 heteroatoms. The lowest BCUT2D eigenvalue weighted by molar-refractivity contribution is -0.137. The van der Waals surface area contributed by atoms with E-state index in [0.717, 1.165) is 0 Å². The average Bonchev–Trinajstić information content (AvgIpc) is 3.06. The number of carboxylic acids is 1. The van der Waals surface area contributed by atoms with Gasteiger partial charge < -0.3 is 20.2 Å². The summed E-state index contributed by atoms with van der Waals surface area (Å²) in [6, 6.07) is 10.0. The second kappa shape index (κ2) is 8.52. The topological polar surface area (TPSA) is 109 Å². The van der Waals surface area contributed by atoms with Gasteiger partial charge in [0, 0.05) is 24.1 Å². The fraction of sp³-hybridized carbons (Fsp3) is 0.235. The second-order valence-corrected chi connectivity index (χ2v) is 5.14. The van der Waals surface area contributed by atoms with E-state index in [4.69, 9.17) is 9.52 Å². The normalized spacial score (nSPS) is 10.2. The minimum atomic E-state index is -0.932. The lowest BCUT2D eigenvalue weighted by Crippen LogP contribution is -2.22. The Bertz CT molecular complexity index is 710. The van der Waals surface area contributed by atoms with Crippen LogP contribution in [-0.4, -0.2) is 22.9 Å². The molecule has 0 aliphatic rings. The lowest BCUT2D eigenvalue weighted by atomic mass is 10.1. The summed E-state index contributed by atoms with van der Waals surface area (Å²) in [6.07, 6.45) is 1.86. The summed E-state index contributed by atoms with van der Waals surface area (Å²) in [5.41, 5.74) is 0.894. The van der Waals surface area contributed by atoms with Gasteiger partial charge in [0.25, 0.3) is 5.91 Å². The van der Waals surface area contributed by atoms with E-state index < -0.39 is 5.97 Å². The molecule has 3 N–H and O–H groups in total. The maximum Gasteiger partial charge on any atom is 0.303 e. The smallest absolute Gasteiger partial charge is 0.303 e. The van der Waals surface area contributed by atoms with Gasteiger partial charge in [-0.15, -0.1) is 0 Å². The van der Waals surface area contributed by atoms with Gasteiger partial charge in [0.2, 0.25) is 5.91 Å². The first-order valence-electron chi connectivity index (χ1n) is 7.47. The fourth-order valence-corrected chi connectivity index (χ4v) is 2.04. The Morgan fingerprint density at radius 3 is 2.62 bits per heavy atom. The van der Waals surface area contributed by atoms with Crippen LogP contribution in [0, 0.1) is 0 Å². The van der Waals surface area contributed by atoms with E-state index in [-0.39, 0.29) is 37.6 Å². The van der Waals surface area contributed by atoms with E-state index in [0.29, 0.717) is 17.0 Å². The molecule has 1 aromatic heterocycles. The van der Waals surface area contributed by atoms with Crippen LogP contribution in [0.25, 0.3) is 0 Å². The number of aliphatic carboxylic acids is 1. The highest BCUT2D eigenvalue weighted by Gasteiger charge is 2.09. The number of furan rings is 1. The van der Waals surface area contributed by atoms with Gasteiger partial charge in [0.15, 0.2) is 0 Å². The molecule has 0 fully saturated rings. The van der Waals surface area contributed by atoms with Crippen LogP contribution in [0.4, 0.5) is 5.69 Å². The first-order valence-corrected chi connectivity index (χ1v) is 7.47. The van der Waals surface area contributed by atoms with Gasteiger partial charge in [-0.2, -0.15) is 0 Å². The van der Waals surface area contributed by atoms with Crippen molar-refractivity contribution in [1.82, 2.24) is 5.32 Å². The molecule has 1 heterocycles. The van der Waals surface area contributed by atoms with Gasteiger partial charge in [-0.1, -0.05) is 6.07 Å². The molecule has 24 heavy (non-hydrogen) atoms. The van der Waals surface area contributed by atoms with Crippen molar-refractivity contribution in [3.8, 4) is 0 Å². The zero-order chi connectivity index (χ0) is 17.4. The molecule has 0 atom stereocenters. The number of anilines is 1. The summed E-state index contributed by atoms with van der Waals surface area (Å²) in [5, 5.41) is 13.9. The summed E-state index contributed by atoms with van der Waals surface area (Å²) < 4.78 is 5.14. The van der Waals surface area contributed by atoms with Gasteiger partial charge in [0.05, 0.1) is 12.8 Å².